The second kappa shape index (κ2) is 8.16. The van der Waals surface area contributed by atoms with E-state index >= 15 is 0 Å². The lowest BCUT2D eigenvalue weighted by Gasteiger charge is -2.18. The minimum Gasteiger partial charge on any atom is -0.378 e. The van der Waals surface area contributed by atoms with Crippen LogP contribution in [-0.2, 0) is 4.74 Å². The highest BCUT2D eigenvalue weighted by atomic mass is 32.1. The van der Waals surface area contributed by atoms with E-state index in [9.17, 15) is 0 Å². The van der Waals surface area contributed by atoms with Crippen molar-refractivity contribution in [1.29, 1.82) is 0 Å². The van der Waals surface area contributed by atoms with Crippen LogP contribution in [0, 0.1) is 13.8 Å². The van der Waals surface area contributed by atoms with Gasteiger partial charge in [-0.3, -0.25) is 0 Å². The predicted molar refractivity (Wildman–Crippen MR) is 87.7 cm³/mol. The Morgan fingerprint density at radius 1 is 1.45 bits per heavy atom. The summed E-state index contributed by atoms with van der Waals surface area (Å²) in [6.07, 6.45) is 7.99. The fraction of sp³-hybridized carbons (Fsp3) is 0.765. The highest BCUT2D eigenvalue weighted by Crippen LogP contribution is 2.30. The van der Waals surface area contributed by atoms with Gasteiger partial charge in [0.1, 0.15) is 0 Å². The van der Waals surface area contributed by atoms with E-state index in [4.69, 9.17) is 4.74 Å². The van der Waals surface area contributed by atoms with Crippen molar-refractivity contribution < 1.29 is 4.74 Å². The Morgan fingerprint density at radius 2 is 2.30 bits per heavy atom. The Balaban J connectivity index is 1.85. The van der Waals surface area contributed by atoms with Gasteiger partial charge in [-0.25, -0.2) is 0 Å². The lowest BCUT2D eigenvalue weighted by Crippen LogP contribution is -2.21. The summed E-state index contributed by atoms with van der Waals surface area (Å²) >= 11 is 1.96. The molecule has 114 valence electrons. The molecule has 3 heteroatoms. The topological polar surface area (TPSA) is 21.3 Å². The standard InChI is InChI=1S/C17H29NOS/c1-4-10-18-16(17-12-13(2)14(3)20-17)9-5-7-15-8-6-11-19-15/h12,15-16,18H,4-11H2,1-3H3. The molecule has 0 radical (unpaired) electrons. The lowest BCUT2D eigenvalue weighted by atomic mass is 10.0. The van der Waals surface area contributed by atoms with Crippen molar-refractivity contribution in [3.63, 3.8) is 0 Å². The Kier molecular flexibility index (Phi) is 6.53. The zero-order valence-electron chi connectivity index (χ0n) is 13.2. The number of rotatable bonds is 8. The first-order chi connectivity index (χ1) is 9.70. The molecule has 2 heterocycles. The Labute approximate surface area is 127 Å². The molecule has 1 N–H and O–H groups in total. The van der Waals surface area contributed by atoms with E-state index in [1.165, 1.54) is 53.8 Å². The van der Waals surface area contributed by atoms with Gasteiger partial charge < -0.3 is 10.1 Å². The van der Waals surface area contributed by atoms with Crippen LogP contribution in [0.5, 0.6) is 0 Å². The Morgan fingerprint density at radius 3 is 2.90 bits per heavy atom. The summed E-state index contributed by atoms with van der Waals surface area (Å²) in [5, 5.41) is 3.72. The summed E-state index contributed by atoms with van der Waals surface area (Å²) in [5.41, 5.74) is 1.44. The van der Waals surface area contributed by atoms with Crippen molar-refractivity contribution in [1.82, 2.24) is 5.32 Å². The molecule has 2 nitrogen and oxygen atoms in total. The van der Waals surface area contributed by atoms with Crippen LogP contribution >= 0.6 is 11.3 Å². The maximum Gasteiger partial charge on any atom is 0.0576 e. The maximum absolute atomic E-state index is 5.73. The molecule has 2 atom stereocenters. The molecule has 0 bridgehead atoms. The molecule has 1 saturated heterocycles. The number of ether oxygens (including phenoxy) is 1. The molecule has 2 unspecified atom stereocenters. The number of nitrogens with one attached hydrogen (secondary N) is 1. The van der Waals surface area contributed by atoms with Gasteiger partial charge in [0.05, 0.1) is 6.10 Å². The van der Waals surface area contributed by atoms with Crippen molar-refractivity contribution in [2.45, 2.75) is 71.4 Å². The predicted octanol–water partition coefficient (Wildman–Crippen LogP) is 4.75. The van der Waals surface area contributed by atoms with Crippen molar-refractivity contribution in [3.05, 3.63) is 21.4 Å². The van der Waals surface area contributed by atoms with Crippen LogP contribution < -0.4 is 5.32 Å². The summed E-state index contributed by atoms with van der Waals surface area (Å²) in [4.78, 5) is 2.98. The number of hydrogen-bond donors (Lipinski definition) is 1. The SMILES string of the molecule is CCCNC(CCCC1CCCO1)c1cc(C)c(C)s1. The molecule has 1 aromatic heterocycles. The van der Waals surface area contributed by atoms with Gasteiger partial charge in [0.15, 0.2) is 0 Å². The van der Waals surface area contributed by atoms with E-state index in [1.54, 1.807) is 0 Å². The fourth-order valence-corrected chi connectivity index (χ4v) is 4.01. The molecule has 1 fully saturated rings. The van der Waals surface area contributed by atoms with Crippen LogP contribution in [-0.4, -0.2) is 19.3 Å². The Hall–Kier alpha value is -0.380. The average molecular weight is 295 g/mol. The highest BCUT2D eigenvalue weighted by molar-refractivity contribution is 7.12. The fourth-order valence-electron chi connectivity index (χ4n) is 2.86. The minimum absolute atomic E-state index is 0.536. The number of aryl methyl sites for hydroxylation is 2. The zero-order chi connectivity index (χ0) is 14.4. The molecule has 0 aromatic carbocycles. The highest BCUT2D eigenvalue weighted by Gasteiger charge is 2.18. The van der Waals surface area contributed by atoms with Crippen molar-refractivity contribution >= 4 is 11.3 Å². The number of thiophene rings is 1. The summed E-state index contributed by atoms with van der Waals surface area (Å²) in [6.45, 7) is 8.78. The second-order valence-corrected chi connectivity index (χ2v) is 7.25. The first-order valence-corrected chi connectivity index (χ1v) is 8.94. The summed E-state index contributed by atoms with van der Waals surface area (Å²) in [5.74, 6) is 0. The van der Waals surface area contributed by atoms with Crippen LogP contribution in [0.4, 0.5) is 0 Å². The third kappa shape index (κ3) is 4.57. The van der Waals surface area contributed by atoms with Crippen LogP contribution in [0.2, 0.25) is 0 Å². The van der Waals surface area contributed by atoms with Crippen molar-refractivity contribution in [2.75, 3.05) is 13.2 Å². The average Bonchev–Trinajstić information content (AvgIpc) is 3.05. The number of hydrogen-bond acceptors (Lipinski definition) is 3. The molecule has 0 amide bonds. The van der Waals surface area contributed by atoms with Crippen molar-refractivity contribution in [3.8, 4) is 0 Å². The van der Waals surface area contributed by atoms with Gasteiger partial charge in [-0.15, -0.1) is 11.3 Å². The molecule has 1 aliphatic rings. The quantitative estimate of drug-likeness (QED) is 0.747. The molecule has 20 heavy (non-hydrogen) atoms. The smallest absolute Gasteiger partial charge is 0.0576 e. The van der Waals surface area contributed by atoms with Gasteiger partial charge in [-0.05, 0) is 70.5 Å². The van der Waals surface area contributed by atoms with Crippen LogP contribution in [0.3, 0.4) is 0 Å². The molecule has 1 aliphatic heterocycles. The lowest BCUT2D eigenvalue weighted by molar-refractivity contribution is 0.101. The molecule has 1 aromatic rings. The van der Waals surface area contributed by atoms with Gasteiger partial charge in [-0.1, -0.05) is 6.92 Å². The van der Waals surface area contributed by atoms with E-state index in [-0.39, 0.29) is 0 Å². The molecule has 2 rings (SSSR count). The van der Waals surface area contributed by atoms with E-state index in [0.29, 0.717) is 12.1 Å². The minimum atomic E-state index is 0.536. The van der Waals surface area contributed by atoms with Gasteiger partial charge in [-0.2, -0.15) is 0 Å². The first-order valence-electron chi connectivity index (χ1n) is 8.12. The van der Waals surface area contributed by atoms with Gasteiger partial charge in [0, 0.05) is 22.4 Å². The van der Waals surface area contributed by atoms with E-state index < -0.39 is 0 Å². The summed E-state index contributed by atoms with van der Waals surface area (Å²) in [7, 11) is 0. The molecule has 0 spiro atoms. The molecule has 0 aliphatic carbocycles. The van der Waals surface area contributed by atoms with E-state index in [1.807, 2.05) is 11.3 Å². The summed E-state index contributed by atoms with van der Waals surface area (Å²) in [6, 6.07) is 2.91. The third-order valence-electron chi connectivity index (χ3n) is 4.21. The zero-order valence-corrected chi connectivity index (χ0v) is 14.0. The van der Waals surface area contributed by atoms with E-state index in [0.717, 1.165) is 13.2 Å². The summed E-state index contributed by atoms with van der Waals surface area (Å²) < 4.78 is 5.73. The van der Waals surface area contributed by atoms with Crippen LogP contribution in [0.25, 0.3) is 0 Å². The monoisotopic (exact) mass is 295 g/mol. The van der Waals surface area contributed by atoms with Crippen LogP contribution in [0.15, 0.2) is 6.07 Å². The van der Waals surface area contributed by atoms with Gasteiger partial charge in [0.2, 0.25) is 0 Å². The Bertz CT molecular complexity index is 376. The molecular weight excluding hydrogens is 266 g/mol. The largest absolute Gasteiger partial charge is 0.378 e. The van der Waals surface area contributed by atoms with E-state index in [2.05, 4.69) is 32.2 Å². The second-order valence-electron chi connectivity index (χ2n) is 5.96. The normalized spacial score (nSPS) is 20.4. The van der Waals surface area contributed by atoms with Gasteiger partial charge >= 0.3 is 0 Å². The molecule has 0 saturated carbocycles. The van der Waals surface area contributed by atoms with Crippen LogP contribution in [0.1, 0.15) is 66.8 Å². The third-order valence-corrected chi connectivity index (χ3v) is 5.48. The van der Waals surface area contributed by atoms with Gasteiger partial charge in [0.25, 0.3) is 0 Å². The van der Waals surface area contributed by atoms with Crippen molar-refractivity contribution in [2.24, 2.45) is 0 Å². The molecular formula is C17H29NOS. The first kappa shape index (κ1) is 16.0. The maximum atomic E-state index is 5.73.